The van der Waals surface area contributed by atoms with Crippen LogP contribution in [0.5, 0.6) is 0 Å². The minimum absolute atomic E-state index is 0.0160. The van der Waals surface area contributed by atoms with Gasteiger partial charge in [0.05, 0.1) is 10.0 Å². The van der Waals surface area contributed by atoms with Crippen molar-refractivity contribution in [1.29, 1.82) is 0 Å². The second-order valence-electron chi connectivity index (χ2n) is 4.46. The van der Waals surface area contributed by atoms with E-state index in [0.717, 1.165) is 5.56 Å². The van der Waals surface area contributed by atoms with Crippen molar-refractivity contribution in [2.75, 3.05) is 6.61 Å². The fraction of sp³-hybridized carbons (Fsp3) is 0.357. The van der Waals surface area contributed by atoms with Gasteiger partial charge < -0.3 is 10.4 Å². The summed E-state index contributed by atoms with van der Waals surface area (Å²) in [7, 11) is 0. The van der Waals surface area contributed by atoms with Crippen LogP contribution in [-0.2, 0) is 4.79 Å². The molecule has 0 aliphatic carbocycles. The molecule has 1 aromatic carbocycles. The molecule has 2 unspecified atom stereocenters. The van der Waals surface area contributed by atoms with Crippen molar-refractivity contribution >= 4 is 35.2 Å². The fourth-order valence-corrected chi connectivity index (χ4v) is 1.67. The molecule has 1 rings (SSSR count). The minimum atomic E-state index is -0.209. The molecule has 104 valence electrons. The fourth-order valence-electron chi connectivity index (χ4n) is 1.36. The highest BCUT2D eigenvalue weighted by Gasteiger charge is 2.12. The third-order valence-electron chi connectivity index (χ3n) is 2.88. The molecule has 0 heterocycles. The molecule has 19 heavy (non-hydrogen) atoms. The molecule has 0 fully saturated rings. The predicted molar refractivity (Wildman–Crippen MR) is 79.4 cm³/mol. The molecular weight excluding hydrogens is 285 g/mol. The summed E-state index contributed by atoms with van der Waals surface area (Å²) in [5.74, 6) is -0.193. The standard InChI is InChI=1S/C14H17Cl2NO2/c1-9(8-18)10(2)17-14(19)6-4-11-3-5-12(15)13(16)7-11/h3-7,9-10,18H,8H2,1-2H3,(H,17,19)/b6-4+. The summed E-state index contributed by atoms with van der Waals surface area (Å²) in [6.07, 6.45) is 3.09. The van der Waals surface area contributed by atoms with Crippen LogP contribution in [0.1, 0.15) is 19.4 Å². The molecule has 0 aliphatic rings. The number of benzene rings is 1. The van der Waals surface area contributed by atoms with Gasteiger partial charge in [-0.05, 0) is 36.6 Å². The molecule has 0 spiro atoms. The lowest BCUT2D eigenvalue weighted by Gasteiger charge is -2.18. The maximum Gasteiger partial charge on any atom is 0.244 e. The zero-order valence-corrected chi connectivity index (χ0v) is 12.4. The van der Waals surface area contributed by atoms with Gasteiger partial charge in [0.15, 0.2) is 0 Å². The third kappa shape index (κ3) is 5.23. The first-order valence-corrected chi connectivity index (χ1v) is 6.74. The van der Waals surface area contributed by atoms with Crippen molar-refractivity contribution in [3.05, 3.63) is 39.9 Å². The Balaban J connectivity index is 2.61. The number of carbonyl (C=O) groups is 1. The number of hydrogen-bond donors (Lipinski definition) is 2. The molecule has 0 aromatic heterocycles. The van der Waals surface area contributed by atoms with E-state index in [1.165, 1.54) is 6.08 Å². The Morgan fingerprint density at radius 1 is 1.37 bits per heavy atom. The van der Waals surface area contributed by atoms with Gasteiger partial charge in [0.2, 0.25) is 5.91 Å². The number of amides is 1. The minimum Gasteiger partial charge on any atom is -0.396 e. The summed E-state index contributed by atoms with van der Waals surface area (Å²) >= 11 is 11.7. The molecule has 5 heteroatoms. The third-order valence-corrected chi connectivity index (χ3v) is 3.62. The largest absolute Gasteiger partial charge is 0.396 e. The summed E-state index contributed by atoms with van der Waals surface area (Å²) in [6.45, 7) is 3.76. The highest BCUT2D eigenvalue weighted by atomic mass is 35.5. The first kappa shape index (κ1) is 16.0. The highest BCUT2D eigenvalue weighted by Crippen LogP contribution is 2.23. The van der Waals surface area contributed by atoms with E-state index in [2.05, 4.69) is 5.32 Å². The van der Waals surface area contributed by atoms with Crippen LogP contribution in [0.15, 0.2) is 24.3 Å². The van der Waals surface area contributed by atoms with Gasteiger partial charge in [0.1, 0.15) is 0 Å². The van der Waals surface area contributed by atoms with Crippen LogP contribution in [0.2, 0.25) is 10.0 Å². The molecule has 0 aliphatic heterocycles. The molecule has 2 N–H and O–H groups in total. The van der Waals surface area contributed by atoms with Gasteiger partial charge in [0, 0.05) is 18.7 Å². The van der Waals surface area contributed by atoms with Crippen molar-refractivity contribution in [3.8, 4) is 0 Å². The number of aliphatic hydroxyl groups is 1. The normalized spacial score (nSPS) is 14.4. The van der Waals surface area contributed by atoms with Gasteiger partial charge >= 0.3 is 0 Å². The molecule has 1 aromatic rings. The lowest BCUT2D eigenvalue weighted by molar-refractivity contribution is -0.117. The molecular formula is C14H17Cl2NO2. The number of rotatable bonds is 5. The topological polar surface area (TPSA) is 49.3 Å². The van der Waals surface area contributed by atoms with Crippen LogP contribution >= 0.6 is 23.2 Å². The van der Waals surface area contributed by atoms with E-state index in [0.29, 0.717) is 10.0 Å². The summed E-state index contributed by atoms with van der Waals surface area (Å²) in [5, 5.41) is 12.7. The van der Waals surface area contributed by atoms with Gasteiger partial charge in [-0.25, -0.2) is 0 Å². The average Bonchev–Trinajstić information content (AvgIpc) is 2.39. The number of hydrogen-bond acceptors (Lipinski definition) is 2. The van der Waals surface area contributed by atoms with Crippen LogP contribution in [0, 0.1) is 5.92 Å². The van der Waals surface area contributed by atoms with Crippen molar-refractivity contribution in [2.45, 2.75) is 19.9 Å². The van der Waals surface area contributed by atoms with Gasteiger partial charge in [0.25, 0.3) is 0 Å². The van der Waals surface area contributed by atoms with Crippen LogP contribution in [0.25, 0.3) is 6.08 Å². The lowest BCUT2D eigenvalue weighted by atomic mass is 10.1. The van der Waals surface area contributed by atoms with Gasteiger partial charge in [-0.1, -0.05) is 36.2 Å². The van der Waals surface area contributed by atoms with Crippen molar-refractivity contribution in [3.63, 3.8) is 0 Å². The van der Waals surface area contributed by atoms with Crippen LogP contribution in [0.3, 0.4) is 0 Å². The average molecular weight is 302 g/mol. The Labute approximate surface area is 123 Å². The van der Waals surface area contributed by atoms with Gasteiger partial charge in [-0.3, -0.25) is 4.79 Å². The Hall–Kier alpha value is -1.03. The van der Waals surface area contributed by atoms with Gasteiger partial charge in [-0.15, -0.1) is 0 Å². The Bertz CT molecular complexity index is 475. The second-order valence-corrected chi connectivity index (χ2v) is 5.28. The first-order valence-electron chi connectivity index (χ1n) is 5.98. The van der Waals surface area contributed by atoms with E-state index in [4.69, 9.17) is 28.3 Å². The zero-order chi connectivity index (χ0) is 14.4. The Morgan fingerprint density at radius 2 is 2.05 bits per heavy atom. The molecule has 2 atom stereocenters. The van der Waals surface area contributed by atoms with E-state index in [1.807, 2.05) is 13.8 Å². The van der Waals surface area contributed by atoms with E-state index in [9.17, 15) is 4.79 Å². The predicted octanol–water partition coefficient (Wildman–Crippen LogP) is 3.14. The SMILES string of the molecule is CC(CO)C(C)NC(=O)/C=C/c1ccc(Cl)c(Cl)c1. The van der Waals surface area contributed by atoms with Gasteiger partial charge in [-0.2, -0.15) is 0 Å². The molecule has 0 saturated carbocycles. The number of nitrogens with one attached hydrogen (secondary N) is 1. The van der Waals surface area contributed by atoms with E-state index in [1.54, 1.807) is 24.3 Å². The Morgan fingerprint density at radius 3 is 2.63 bits per heavy atom. The van der Waals surface area contributed by atoms with Crippen molar-refractivity contribution in [2.24, 2.45) is 5.92 Å². The Kier molecular flexibility index (Phi) is 6.35. The smallest absolute Gasteiger partial charge is 0.244 e. The molecule has 0 radical (unpaired) electrons. The summed E-state index contributed by atoms with van der Waals surface area (Å²) < 4.78 is 0. The van der Waals surface area contributed by atoms with E-state index < -0.39 is 0 Å². The molecule has 0 bridgehead atoms. The monoisotopic (exact) mass is 301 g/mol. The number of aliphatic hydroxyl groups excluding tert-OH is 1. The van der Waals surface area contributed by atoms with E-state index in [-0.39, 0.29) is 24.5 Å². The number of halogens is 2. The quantitative estimate of drug-likeness (QED) is 0.821. The van der Waals surface area contributed by atoms with Crippen LogP contribution in [-0.4, -0.2) is 23.7 Å². The van der Waals surface area contributed by atoms with Crippen LogP contribution < -0.4 is 5.32 Å². The zero-order valence-electron chi connectivity index (χ0n) is 10.9. The van der Waals surface area contributed by atoms with Crippen molar-refractivity contribution in [1.82, 2.24) is 5.32 Å². The van der Waals surface area contributed by atoms with E-state index >= 15 is 0 Å². The maximum absolute atomic E-state index is 11.7. The van der Waals surface area contributed by atoms with Crippen LogP contribution in [0.4, 0.5) is 0 Å². The maximum atomic E-state index is 11.7. The summed E-state index contributed by atoms with van der Waals surface area (Å²) in [4.78, 5) is 11.7. The van der Waals surface area contributed by atoms with Crippen molar-refractivity contribution < 1.29 is 9.90 Å². The molecule has 3 nitrogen and oxygen atoms in total. The molecule has 1 amide bonds. The second kappa shape index (κ2) is 7.53. The number of carbonyl (C=O) groups excluding carboxylic acids is 1. The molecule has 0 saturated heterocycles. The first-order chi connectivity index (χ1) is 8.93. The summed E-state index contributed by atoms with van der Waals surface area (Å²) in [6, 6.07) is 5.05. The lowest BCUT2D eigenvalue weighted by Crippen LogP contribution is -2.37. The highest BCUT2D eigenvalue weighted by molar-refractivity contribution is 6.42. The summed E-state index contributed by atoms with van der Waals surface area (Å²) in [5.41, 5.74) is 0.799.